The van der Waals surface area contributed by atoms with Gasteiger partial charge < -0.3 is 15.4 Å². The Morgan fingerprint density at radius 3 is 2.41 bits per heavy atom. The van der Waals surface area contributed by atoms with Gasteiger partial charge in [0.1, 0.15) is 5.82 Å². The van der Waals surface area contributed by atoms with Crippen molar-refractivity contribution in [3.05, 3.63) is 47.7 Å². The maximum atomic E-state index is 12.2. The lowest BCUT2D eigenvalue weighted by Crippen LogP contribution is -2.22. The Hall–Kier alpha value is -3.01. The van der Waals surface area contributed by atoms with Crippen molar-refractivity contribution in [3.8, 4) is 0 Å². The first-order valence-electron chi connectivity index (χ1n) is 8.17. The van der Waals surface area contributed by atoms with Crippen molar-refractivity contribution in [2.75, 3.05) is 29.2 Å². The van der Waals surface area contributed by atoms with Gasteiger partial charge in [-0.25, -0.2) is 13.2 Å². The van der Waals surface area contributed by atoms with E-state index in [9.17, 15) is 18.0 Å². The Balaban J connectivity index is 1.59. The van der Waals surface area contributed by atoms with Crippen molar-refractivity contribution in [2.45, 2.75) is 12.5 Å². The minimum Gasteiger partial charge on any atom is -0.465 e. The summed E-state index contributed by atoms with van der Waals surface area (Å²) >= 11 is 0. The predicted molar refractivity (Wildman–Crippen MR) is 98.4 cm³/mol. The van der Waals surface area contributed by atoms with Gasteiger partial charge in [0, 0.05) is 11.7 Å². The van der Waals surface area contributed by atoms with Crippen LogP contribution in [0, 0.1) is 0 Å². The van der Waals surface area contributed by atoms with Gasteiger partial charge >= 0.3 is 5.97 Å². The van der Waals surface area contributed by atoms with Gasteiger partial charge in [-0.05, 0) is 42.8 Å². The molecule has 1 atom stereocenters. The fourth-order valence-corrected chi connectivity index (χ4v) is 4.32. The minimum atomic E-state index is -2.99. The van der Waals surface area contributed by atoms with Crippen LogP contribution >= 0.6 is 0 Å². The van der Waals surface area contributed by atoms with Crippen molar-refractivity contribution < 1.29 is 22.7 Å². The van der Waals surface area contributed by atoms with Crippen LogP contribution in [0.4, 0.5) is 11.5 Å². The molecule has 1 amide bonds. The van der Waals surface area contributed by atoms with E-state index in [0.717, 1.165) is 0 Å². The Labute approximate surface area is 156 Å². The van der Waals surface area contributed by atoms with Crippen LogP contribution in [0.5, 0.6) is 0 Å². The fourth-order valence-electron chi connectivity index (χ4n) is 2.65. The lowest BCUT2D eigenvalue weighted by Gasteiger charge is -2.11. The molecule has 0 spiro atoms. The second-order valence-corrected chi connectivity index (χ2v) is 8.30. The standard InChI is InChI=1S/C17H18N4O5S/c1-26-17(23)11-2-4-12(5-3-11)19-16(22)14-6-7-15(21-20-14)18-13-8-9-27(24,25)10-13/h2-7,13H,8-10H2,1H3,(H,18,21)(H,19,22). The second-order valence-electron chi connectivity index (χ2n) is 6.07. The quantitative estimate of drug-likeness (QED) is 0.727. The van der Waals surface area contributed by atoms with Crippen LogP contribution in [0.3, 0.4) is 0 Å². The average Bonchev–Trinajstić information content (AvgIpc) is 3.00. The highest BCUT2D eigenvalue weighted by Crippen LogP contribution is 2.16. The number of anilines is 2. The van der Waals surface area contributed by atoms with E-state index in [-0.39, 0.29) is 23.2 Å². The third kappa shape index (κ3) is 4.79. The van der Waals surface area contributed by atoms with E-state index in [4.69, 9.17) is 0 Å². The van der Waals surface area contributed by atoms with Crippen molar-refractivity contribution in [3.63, 3.8) is 0 Å². The maximum Gasteiger partial charge on any atom is 0.337 e. The Kier molecular flexibility index (Phi) is 5.36. The maximum absolute atomic E-state index is 12.2. The number of nitrogens with one attached hydrogen (secondary N) is 2. The molecule has 1 aromatic heterocycles. The van der Waals surface area contributed by atoms with Gasteiger partial charge in [0.15, 0.2) is 15.5 Å². The summed E-state index contributed by atoms with van der Waals surface area (Å²) in [5.74, 6) is -0.275. The summed E-state index contributed by atoms with van der Waals surface area (Å²) < 4.78 is 27.6. The number of benzene rings is 1. The Morgan fingerprint density at radius 1 is 1.11 bits per heavy atom. The van der Waals surface area contributed by atoms with Crippen LogP contribution in [0.15, 0.2) is 36.4 Å². The summed E-state index contributed by atoms with van der Waals surface area (Å²) in [6, 6.07) is 9.11. The number of sulfone groups is 1. The van der Waals surface area contributed by atoms with Gasteiger partial charge in [-0.2, -0.15) is 0 Å². The van der Waals surface area contributed by atoms with Gasteiger partial charge in [-0.3, -0.25) is 4.79 Å². The molecule has 1 saturated heterocycles. The molecule has 2 aromatic rings. The van der Waals surface area contributed by atoms with Crippen LogP contribution in [-0.2, 0) is 14.6 Å². The summed E-state index contributed by atoms with van der Waals surface area (Å²) in [5.41, 5.74) is 0.976. The minimum absolute atomic E-state index is 0.0679. The van der Waals surface area contributed by atoms with Crippen molar-refractivity contribution >= 4 is 33.2 Å². The van der Waals surface area contributed by atoms with E-state index in [1.165, 1.54) is 25.3 Å². The highest BCUT2D eigenvalue weighted by molar-refractivity contribution is 7.91. The zero-order valence-corrected chi connectivity index (χ0v) is 15.3. The molecule has 1 unspecified atom stereocenters. The molecule has 2 heterocycles. The van der Waals surface area contributed by atoms with Crippen LogP contribution in [-0.4, -0.2) is 55.1 Å². The molecule has 0 radical (unpaired) electrons. The van der Waals surface area contributed by atoms with E-state index >= 15 is 0 Å². The fraction of sp³-hybridized carbons (Fsp3) is 0.294. The number of ether oxygens (including phenoxy) is 1. The lowest BCUT2D eigenvalue weighted by atomic mass is 10.2. The molecule has 1 aliphatic rings. The summed E-state index contributed by atoms with van der Waals surface area (Å²) in [5, 5.41) is 13.4. The molecule has 1 fully saturated rings. The molecule has 2 N–H and O–H groups in total. The van der Waals surface area contributed by atoms with Crippen LogP contribution in [0.1, 0.15) is 27.3 Å². The molecule has 10 heteroatoms. The van der Waals surface area contributed by atoms with E-state index < -0.39 is 21.7 Å². The highest BCUT2D eigenvalue weighted by Gasteiger charge is 2.28. The number of carbonyl (C=O) groups excluding carboxylic acids is 2. The molecule has 1 aliphatic heterocycles. The Morgan fingerprint density at radius 2 is 1.85 bits per heavy atom. The molecule has 3 rings (SSSR count). The van der Waals surface area contributed by atoms with Crippen LogP contribution < -0.4 is 10.6 Å². The molecule has 9 nitrogen and oxygen atoms in total. The van der Waals surface area contributed by atoms with Crippen LogP contribution in [0.25, 0.3) is 0 Å². The Bertz CT molecular complexity index is 942. The number of aromatic nitrogens is 2. The monoisotopic (exact) mass is 390 g/mol. The highest BCUT2D eigenvalue weighted by atomic mass is 32.2. The molecular formula is C17H18N4O5S. The molecular weight excluding hydrogens is 372 g/mol. The van der Waals surface area contributed by atoms with Crippen LogP contribution in [0.2, 0.25) is 0 Å². The van der Waals surface area contributed by atoms with E-state index in [1.807, 2.05) is 0 Å². The number of rotatable bonds is 5. The van der Waals surface area contributed by atoms with Gasteiger partial charge in [0.2, 0.25) is 0 Å². The third-order valence-electron chi connectivity index (χ3n) is 4.05. The second kappa shape index (κ2) is 7.70. The number of amides is 1. The SMILES string of the molecule is COC(=O)c1ccc(NC(=O)c2ccc(NC3CCS(=O)(=O)C3)nn2)cc1. The lowest BCUT2D eigenvalue weighted by molar-refractivity contribution is 0.0600. The first-order valence-corrected chi connectivity index (χ1v) is 9.99. The number of methoxy groups -OCH3 is 1. The average molecular weight is 390 g/mol. The molecule has 142 valence electrons. The molecule has 0 bridgehead atoms. The number of esters is 1. The van der Waals surface area contributed by atoms with Gasteiger partial charge in [-0.15, -0.1) is 10.2 Å². The largest absolute Gasteiger partial charge is 0.465 e. The molecule has 27 heavy (non-hydrogen) atoms. The first-order chi connectivity index (χ1) is 12.9. The summed E-state index contributed by atoms with van der Waals surface area (Å²) in [6.07, 6.45) is 0.522. The van der Waals surface area contributed by atoms with Crippen molar-refractivity contribution in [2.24, 2.45) is 0 Å². The normalized spacial score (nSPS) is 17.9. The van der Waals surface area contributed by atoms with Gasteiger partial charge in [0.05, 0.1) is 24.2 Å². The van der Waals surface area contributed by atoms with Crippen molar-refractivity contribution in [1.29, 1.82) is 0 Å². The molecule has 0 saturated carbocycles. The number of hydrogen-bond donors (Lipinski definition) is 2. The predicted octanol–water partition coefficient (Wildman–Crippen LogP) is 1.11. The number of carbonyl (C=O) groups is 2. The van der Waals surface area contributed by atoms with Crippen molar-refractivity contribution in [1.82, 2.24) is 10.2 Å². The number of nitrogens with zero attached hydrogens (tertiary/aromatic N) is 2. The van der Waals surface area contributed by atoms with Gasteiger partial charge in [0.25, 0.3) is 5.91 Å². The molecule has 0 aliphatic carbocycles. The smallest absolute Gasteiger partial charge is 0.337 e. The molecule has 1 aromatic carbocycles. The third-order valence-corrected chi connectivity index (χ3v) is 5.81. The van der Waals surface area contributed by atoms with E-state index in [0.29, 0.717) is 23.5 Å². The van der Waals surface area contributed by atoms with E-state index in [1.54, 1.807) is 18.2 Å². The summed E-state index contributed by atoms with van der Waals surface area (Å²) in [7, 11) is -1.69. The zero-order valence-electron chi connectivity index (χ0n) is 14.5. The summed E-state index contributed by atoms with van der Waals surface area (Å²) in [6.45, 7) is 0. The summed E-state index contributed by atoms with van der Waals surface area (Å²) in [4.78, 5) is 23.6. The zero-order chi connectivity index (χ0) is 19.4. The first kappa shape index (κ1) is 18.8. The van der Waals surface area contributed by atoms with Gasteiger partial charge in [-0.1, -0.05) is 0 Å². The van der Waals surface area contributed by atoms with E-state index in [2.05, 4.69) is 25.6 Å². The number of hydrogen-bond acceptors (Lipinski definition) is 8. The topological polar surface area (TPSA) is 127 Å².